The van der Waals surface area contributed by atoms with E-state index >= 15 is 0 Å². The summed E-state index contributed by atoms with van der Waals surface area (Å²) < 4.78 is 0. The zero-order valence-corrected chi connectivity index (χ0v) is 6.67. The molecule has 1 aliphatic rings. The van der Waals surface area contributed by atoms with Crippen LogP contribution in [0.1, 0.15) is 19.8 Å². The maximum Gasteiger partial charge on any atom is 0.0672 e. The van der Waals surface area contributed by atoms with Crippen molar-refractivity contribution < 1.29 is 0 Å². The van der Waals surface area contributed by atoms with Crippen molar-refractivity contribution in [1.29, 1.82) is 5.26 Å². The van der Waals surface area contributed by atoms with Crippen molar-refractivity contribution in [1.82, 2.24) is 4.90 Å². The van der Waals surface area contributed by atoms with Crippen LogP contribution in [0.2, 0.25) is 0 Å². The van der Waals surface area contributed by atoms with Crippen LogP contribution in [0.5, 0.6) is 0 Å². The number of nitrogens with zero attached hydrogens (tertiary/aromatic N) is 2. The molecule has 0 amide bonds. The molecule has 2 heteroatoms. The maximum atomic E-state index is 8.70. The second-order valence-electron chi connectivity index (χ2n) is 2.98. The van der Waals surface area contributed by atoms with Gasteiger partial charge in [0.15, 0.2) is 0 Å². The number of hydrogen-bond donors (Lipinski definition) is 0. The Morgan fingerprint density at radius 1 is 1.80 bits per heavy atom. The molecule has 1 rings (SSSR count). The van der Waals surface area contributed by atoms with Crippen molar-refractivity contribution in [2.24, 2.45) is 5.92 Å². The van der Waals surface area contributed by atoms with Gasteiger partial charge in [-0.2, -0.15) is 5.26 Å². The first kappa shape index (κ1) is 7.56. The van der Waals surface area contributed by atoms with Crippen molar-refractivity contribution in [2.75, 3.05) is 13.6 Å². The van der Waals surface area contributed by atoms with E-state index in [1.807, 2.05) is 0 Å². The van der Waals surface area contributed by atoms with Gasteiger partial charge in [-0.05, 0) is 26.4 Å². The second-order valence-corrected chi connectivity index (χ2v) is 2.98. The van der Waals surface area contributed by atoms with Gasteiger partial charge in [0, 0.05) is 6.04 Å². The summed E-state index contributed by atoms with van der Waals surface area (Å²) in [5.41, 5.74) is 0. The largest absolute Gasteiger partial charge is 0.302 e. The van der Waals surface area contributed by atoms with Gasteiger partial charge in [0.2, 0.25) is 0 Å². The van der Waals surface area contributed by atoms with E-state index in [9.17, 15) is 0 Å². The summed E-state index contributed by atoms with van der Waals surface area (Å²) in [5.74, 6) is 0.263. The van der Waals surface area contributed by atoms with Gasteiger partial charge in [0.25, 0.3) is 0 Å². The van der Waals surface area contributed by atoms with Crippen LogP contribution in [0.15, 0.2) is 0 Å². The lowest BCUT2D eigenvalue weighted by molar-refractivity contribution is 0.0915. The van der Waals surface area contributed by atoms with E-state index in [1.54, 1.807) is 0 Å². The molecule has 0 N–H and O–H groups in total. The number of hydrogen-bond acceptors (Lipinski definition) is 2. The molecule has 0 aromatic heterocycles. The van der Waals surface area contributed by atoms with Crippen molar-refractivity contribution in [2.45, 2.75) is 25.8 Å². The standard InChI is InChI=1S/C8H14N2/c1-3-7(6-9)8-4-5-10(8)2/h7-8H,3-5H2,1-2H3. The van der Waals surface area contributed by atoms with Crippen molar-refractivity contribution in [3.05, 3.63) is 0 Å². The Balaban J connectivity index is 2.40. The summed E-state index contributed by atoms with van der Waals surface area (Å²) >= 11 is 0. The van der Waals surface area contributed by atoms with Crippen molar-refractivity contribution in [3.8, 4) is 6.07 Å². The van der Waals surface area contributed by atoms with Crippen LogP contribution < -0.4 is 0 Å². The lowest BCUT2D eigenvalue weighted by Gasteiger charge is -2.40. The molecular weight excluding hydrogens is 124 g/mol. The molecule has 2 nitrogen and oxygen atoms in total. The quantitative estimate of drug-likeness (QED) is 0.574. The van der Waals surface area contributed by atoms with Gasteiger partial charge in [0.1, 0.15) is 0 Å². The average Bonchev–Trinajstić information content (AvgIpc) is 1.96. The highest BCUT2D eigenvalue weighted by Crippen LogP contribution is 2.24. The molecule has 0 aromatic rings. The highest BCUT2D eigenvalue weighted by atomic mass is 15.2. The van der Waals surface area contributed by atoms with Crippen LogP contribution >= 0.6 is 0 Å². The van der Waals surface area contributed by atoms with E-state index < -0.39 is 0 Å². The minimum atomic E-state index is 0.263. The second kappa shape index (κ2) is 3.03. The molecule has 2 unspecified atom stereocenters. The number of likely N-dealkylation sites (tertiary alicyclic amines) is 1. The highest BCUT2D eigenvalue weighted by Gasteiger charge is 2.30. The normalized spacial score (nSPS) is 28.7. The van der Waals surface area contributed by atoms with Gasteiger partial charge in [-0.3, -0.25) is 0 Å². The predicted octanol–water partition coefficient (Wildman–Crippen LogP) is 1.24. The molecule has 1 heterocycles. The first-order chi connectivity index (χ1) is 4.79. The lowest BCUT2D eigenvalue weighted by Crippen LogP contribution is -2.48. The highest BCUT2D eigenvalue weighted by molar-refractivity contribution is 4.96. The summed E-state index contributed by atoms with van der Waals surface area (Å²) in [7, 11) is 2.09. The Bertz CT molecular complexity index is 148. The third-order valence-electron chi connectivity index (χ3n) is 2.41. The Morgan fingerprint density at radius 3 is 2.60 bits per heavy atom. The lowest BCUT2D eigenvalue weighted by atomic mass is 9.89. The fraction of sp³-hybridized carbons (Fsp3) is 0.875. The van der Waals surface area contributed by atoms with E-state index in [0.717, 1.165) is 6.42 Å². The van der Waals surface area contributed by atoms with Crippen LogP contribution in [0.25, 0.3) is 0 Å². The Morgan fingerprint density at radius 2 is 2.50 bits per heavy atom. The molecule has 1 saturated heterocycles. The Labute approximate surface area is 62.4 Å². The van der Waals surface area contributed by atoms with Crippen molar-refractivity contribution in [3.63, 3.8) is 0 Å². The van der Waals surface area contributed by atoms with Gasteiger partial charge in [-0.25, -0.2) is 0 Å². The molecule has 10 heavy (non-hydrogen) atoms. The summed E-state index contributed by atoms with van der Waals surface area (Å²) in [4.78, 5) is 2.26. The molecule has 56 valence electrons. The van der Waals surface area contributed by atoms with Gasteiger partial charge >= 0.3 is 0 Å². The zero-order chi connectivity index (χ0) is 7.56. The van der Waals surface area contributed by atoms with Gasteiger partial charge < -0.3 is 4.90 Å². The zero-order valence-electron chi connectivity index (χ0n) is 6.67. The molecule has 2 atom stereocenters. The first-order valence-corrected chi connectivity index (χ1v) is 3.89. The monoisotopic (exact) mass is 138 g/mol. The maximum absolute atomic E-state index is 8.70. The molecule has 0 aliphatic carbocycles. The summed E-state index contributed by atoms with van der Waals surface area (Å²) in [6, 6.07) is 2.89. The molecule has 0 saturated carbocycles. The van der Waals surface area contributed by atoms with Crippen LogP contribution in [0, 0.1) is 17.2 Å². The van der Waals surface area contributed by atoms with Crippen molar-refractivity contribution >= 4 is 0 Å². The van der Waals surface area contributed by atoms with Gasteiger partial charge in [-0.1, -0.05) is 6.92 Å². The third kappa shape index (κ3) is 1.15. The predicted molar refractivity (Wildman–Crippen MR) is 40.4 cm³/mol. The fourth-order valence-electron chi connectivity index (χ4n) is 1.49. The minimum absolute atomic E-state index is 0.263. The Kier molecular flexibility index (Phi) is 2.29. The first-order valence-electron chi connectivity index (χ1n) is 3.89. The summed E-state index contributed by atoms with van der Waals surface area (Å²) in [6.45, 7) is 3.25. The number of rotatable bonds is 2. The fourth-order valence-corrected chi connectivity index (χ4v) is 1.49. The third-order valence-corrected chi connectivity index (χ3v) is 2.41. The summed E-state index contributed by atoms with van der Waals surface area (Å²) in [6.07, 6.45) is 2.20. The van der Waals surface area contributed by atoms with Gasteiger partial charge in [-0.15, -0.1) is 0 Å². The molecule has 0 bridgehead atoms. The average molecular weight is 138 g/mol. The smallest absolute Gasteiger partial charge is 0.0672 e. The molecule has 0 spiro atoms. The van der Waals surface area contributed by atoms with E-state index in [4.69, 9.17) is 5.26 Å². The van der Waals surface area contributed by atoms with E-state index in [-0.39, 0.29) is 5.92 Å². The van der Waals surface area contributed by atoms with E-state index in [0.29, 0.717) is 6.04 Å². The summed E-state index contributed by atoms with van der Waals surface area (Å²) in [5, 5.41) is 8.70. The minimum Gasteiger partial charge on any atom is -0.302 e. The molecule has 0 radical (unpaired) electrons. The van der Waals surface area contributed by atoms with Crippen LogP contribution in [-0.2, 0) is 0 Å². The SMILES string of the molecule is CCC(C#N)C1CCN1C. The molecule has 1 fully saturated rings. The molecule has 1 aliphatic heterocycles. The van der Waals surface area contributed by atoms with Crippen LogP contribution in [0.4, 0.5) is 0 Å². The topological polar surface area (TPSA) is 27.0 Å². The molecular formula is C8H14N2. The van der Waals surface area contributed by atoms with Crippen LogP contribution in [-0.4, -0.2) is 24.5 Å². The number of nitriles is 1. The van der Waals surface area contributed by atoms with E-state index in [1.165, 1.54) is 13.0 Å². The van der Waals surface area contributed by atoms with Crippen LogP contribution in [0.3, 0.4) is 0 Å². The van der Waals surface area contributed by atoms with Gasteiger partial charge in [0.05, 0.1) is 12.0 Å². The Hall–Kier alpha value is -0.550. The molecule has 0 aromatic carbocycles. The van der Waals surface area contributed by atoms with E-state index in [2.05, 4.69) is 24.9 Å².